The van der Waals surface area contributed by atoms with Crippen molar-refractivity contribution in [3.63, 3.8) is 0 Å². The molecule has 18 heavy (non-hydrogen) atoms. The number of hydrogen-bond donors (Lipinski definition) is 0. The maximum Gasteiger partial charge on any atom is 0.573 e. The number of ether oxygens (including phenoxy) is 1. The zero-order chi connectivity index (χ0) is 14.0. The molecule has 1 aromatic heterocycles. The lowest BCUT2D eigenvalue weighted by Crippen LogP contribution is -2.19. The highest BCUT2D eigenvalue weighted by molar-refractivity contribution is 7.86. The zero-order valence-electron chi connectivity index (χ0n) is 8.72. The van der Waals surface area contributed by atoms with E-state index < -0.39 is 33.7 Å². The van der Waals surface area contributed by atoms with Crippen LogP contribution in [0.1, 0.15) is 5.69 Å². The summed E-state index contributed by atoms with van der Waals surface area (Å²) in [7, 11) is -4.13. The number of halogens is 3. The number of hydrogen-bond acceptors (Lipinski definition) is 6. The molecule has 0 bridgehead atoms. The fourth-order valence-corrected chi connectivity index (χ4v) is 1.41. The summed E-state index contributed by atoms with van der Waals surface area (Å²) in [4.78, 5) is 3.37. The number of pyridine rings is 1. The molecule has 98 valence electrons. The summed E-state index contributed by atoms with van der Waals surface area (Å²) in [5.41, 5.74) is -0.637. The molecule has 0 radical (unpaired) electrons. The molecule has 0 aliphatic rings. The summed E-state index contributed by atoms with van der Waals surface area (Å²) in [6, 6.07) is 2.13. The van der Waals surface area contributed by atoms with E-state index in [1.807, 2.05) is 0 Å². The van der Waals surface area contributed by atoms with Crippen LogP contribution in [0.5, 0.6) is 11.5 Å². The van der Waals surface area contributed by atoms with Crippen LogP contribution in [0.25, 0.3) is 0 Å². The van der Waals surface area contributed by atoms with E-state index in [4.69, 9.17) is 5.26 Å². The van der Waals surface area contributed by atoms with E-state index >= 15 is 0 Å². The molecule has 1 aromatic rings. The van der Waals surface area contributed by atoms with Gasteiger partial charge in [-0.25, -0.2) is 4.98 Å². The van der Waals surface area contributed by atoms with Crippen LogP contribution in [0, 0.1) is 11.3 Å². The first-order chi connectivity index (χ1) is 8.12. The highest BCUT2D eigenvalue weighted by Gasteiger charge is 2.34. The number of nitriles is 1. The lowest BCUT2D eigenvalue weighted by molar-refractivity contribution is -0.275. The van der Waals surface area contributed by atoms with Crippen LogP contribution < -0.4 is 8.92 Å². The Morgan fingerprint density at radius 1 is 1.44 bits per heavy atom. The van der Waals surface area contributed by atoms with Crippen molar-refractivity contribution in [1.82, 2.24) is 4.98 Å². The average molecular weight is 282 g/mol. The molecule has 0 saturated heterocycles. The van der Waals surface area contributed by atoms with Crippen LogP contribution in [-0.2, 0) is 10.1 Å². The van der Waals surface area contributed by atoms with Gasteiger partial charge in [-0.05, 0) is 0 Å². The molecule has 1 rings (SSSR count). The van der Waals surface area contributed by atoms with Crippen molar-refractivity contribution in [1.29, 1.82) is 5.26 Å². The molecular weight excluding hydrogens is 277 g/mol. The molecule has 0 atom stereocenters. The molecule has 0 amide bonds. The van der Waals surface area contributed by atoms with Crippen molar-refractivity contribution >= 4 is 10.1 Å². The van der Waals surface area contributed by atoms with Gasteiger partial charge in [0.05, 0.1) is 6.26 Å². The van der Waals surface area contributed by atoms with Gasteiger partial charge in [-0.1, -0.05) is 0 Å². The second kappa shape index (κ2) is 4.69. The van der Waals surface area contributed by atoms with Gasteiger partial charge in [-0.3, -0.25) is 0 Å². The second-order valence-electron chi connectivity index (χ2n) is 2.93. The fourth-order valence-electron chi connectivity index (χ4n) is 0.947. The molecule has 10 heteroatoms. The first-order valence-electron chi connectivity index (χ1n) is 4.16. The molecule has 0 aliphatic carbocycles. The average Bonchev–Trinajstić information content (AvgIpc) is 2.16. The minimum absolute atomic E-state index is 0.610. The van der Waals surface area contributed by atoms with Gasteiger partial charge < -0.3 is 8.92 Å². The van der Waals surface area contributed by atoms with Crippen LogP contribution in [0.4, 0.5) is 13.2 Å². The summed E-state index contributed by atoms with van der Waals surface area (Å²) < 4.78 is 65.8. The van der Waals surface area contributed by atoms with Crippen LogP contribution in [-0.4, -0.2) is 26.0 Å². The normalized spacial score (nSPS) is 11.7. The topological polar surface area (TPSA) is 89.3 Å². The lowest BCUT2D eigenvalue weighted by atomic mass is 10.3. The number of rotatable bonds is 3. The van der Waals surface area contributed by atoms with E-state index in [0.717, 1.165) is 12.3 Å². The molecule has 0 aromatic carbocycles. The van der Waals surface area contributed by atoms with E-state index in [-0.39, 0.29) is 0 Å². The van der Waals surface area contributed by atoms with Gasteiger partial charge in [0.2, 0.25) is 5.75 Å². The molecule has 0 aliphatic heterocycles. The summed E-state index contributed by atoms with van der Waals surface area (Å²) in [6.45, 7) is 0. The fraction of sp³-hybridized carbons (Fsp3) is 0.250. The Balaban J connectivity index is 3.30. The van der Waals surface area contributed by atoms with Crippen LogP contribution in [0.3, 0.4) is 0 Å². The van der Waals surface area contributed by atoms with Crippen molar-refractivity contribution < 1.29 is 30.5 Å². The Hall–Kier alpha value is -2.02. The molecule has 6 nitrogen and oxygen atoms in total. The van der Waals surface area contributed by atoms with Crippen molar-refractivity contribution in [2.45, 2.75) is 6.36 Å². The maximum absolute atomic E-state index is 12.1. The molecule has 1 heterocycles. The number of alkyl halides is 3. The second-order valence-corrected chi connectivity index (χ2v) is 4.51. The first kappa shape index (κ1) is 14.0. The molecule has 0 unspecified atom stereocenters. The van der Waals surface area contributed by atoms with E-state index in [1.165, 1.54) is 6.07 Å². The van der Waals surface area contributed by atoms with Crippen LogP contribution in [0.15, 0.2) is 12.3 Å². The number of aromatic nitrogens is 1. The van der Waals surface area contributed by atoms with E-state index in [2.05, 4.69) is 13.9 Å². The molecule has 0 N–H and O–H groups in total. The summed E-state index contributed by atoms with van der Waals surface area (Å²) >= 11 is 0. The predicted molar refractivity (Wildman–Crippen MR) is 51.1 cm³/mol. The third kappa shape index (κ3) is 4.10. The number of nitrogens with zero attached hydrogens (tertiary/aromatic N) is 2. The first-order valence-corrected chi connectivity index (χ1v) is 5.98. The highest BCUT2D eigenvalue weighted by Crippen LogP contribution is 2.34. The standard InChI is InChI=1S/C8H5F3N2O4S/c1-18(14,15)17-7-5(4-12)13-3-2-6(7)16-8(9,10)11/h2-3H,1H3. The largest absolute Gasteiger partial charge is 0.573 e. The Bertz CT molecular complexity index is 591. The molecule has 0 spiro atoms. The Kier molecular flexibility index (Phi) is 3.66. The summed E-state index contributed by atoms with van der Waals surface area (Å²) in [6.07, 6.45) is -3.59. The highest BCUT2D eigenvalue weighted by atomic mass is 32.2. The SMILES string of the molecule is CS(=O)(=O)Oc1c(OC(F)(F)F)ccnc1C#N. The van der Waals surface area contributed by atoms with Gasteiger partial charge in [-0.2, -0.15) is 13.7 Å². The van der Waals surface area contributed by atoms with Crippen LogP contribution in [0.2, 0.25) is 0 Å². The third-order valence-electron chi connectivity index (χ3n) is 1.43. The Morgan fingerprint density at radius 3 is 2.50 bits per heavy atom. The van der Waals surface area contributed by atoms with Gasteiger partial charge in [-0.15, -0.1) is 13.2 Å². The van der Waals surface area contributed by atoms with Crippen molar-refractivity contribution in [3.8, 4) is 17.6 Å². The molecule has 0 saturated carbocycles. The molecule has 0 fully saturated rings. The van der Waals surface area contributed by atoms with Gasteiger partial charge in [0.15, 0.2) is 11.4 Å². The van der Waals surface area contributed by atoms with Crippen molar-refractivity contribution in [2.24, 2.45) is 0 Å². The minimum Gasteiger partial charge on any atom is -0.402 e. The van der Waals surface area contributed by atoms with Crippen LogP contribution >= 0.6 is 0 Å². The smallest absolute Gasteiger partial charge is 0.402 e. The quantitative estimate of drug-likeness (QED) is 0.773. The van der Waals surface area contributed by atoms with E-state index in [0.29, 0.717) is 6.26 Å². The maximum atomic E-state index is 12.1. The van der Waals surface area contributed by atoms with Gasteiger partial charge in [0, 0.05) is 12.3 Å². The third-order valence-corrected chi connectivity index (χ3v) is 1.90. The summed E-state index contributed by atoms with van der Waals surface area (Å²) in [5, 5.41) is 8.61. The van der Waals surface area contributed by atoms with Gasteiger partial charge >= 0.3 is 16.5 Å². The zero-order valence-corrected chi connectivity index (χ0v) is 9.54. The van der Waals surface area contributed by atoms with E-state index in [9.17, 15) is 21.6 Å². The summed E-state index contributed by atoms with van der Waals surface area (Å²) in [5.74, 6) is -1.86. The molecular formula is C8H5F3N2O4S. The Labute approximate surface area is 99.7 Å². The Morgan fingerprint density at radius 2 is 2.06 bits per heavy atom. The van der Waals surface area contributed by atoms with Crippen molar-refractivity contribution in [2.75, 3.05) is 6.26 Å². The van der Waals surface area contributed by atoms with Crippen molar-refractivity contribution in [3.05, 3.63) is 18.0 Å². The monoisotopic (exact) mass is 282 g/mol. The minimum atomic E-state index is -5.05. The van der Waals surface area contributed by atoms with E-state index in [1.54, 1.807) is 0 Å². The van der Waals surface area contributed by atoms with Gasteiger partial charge in [0.25, 0.3) is 0 Å². The lowest BCUT2D eigenvalue weighted by Gasteiger charge is -2.12. The van der Waals surface area contributed by atoms with Gasteiger partial charge in [0.1, 0.15) is 6.07 Å². The predicted octanol–water partition coefficient (Wildman–Crippen LogP) is 1.19.